The lowest BCUT2D eigenvalue weighted by atomic mass is 10.1. The van der Waals surface area contributed by atoms with Crippen LogP contribution in [0.15, 0.2) is 30.4 Å². The normalized spacial score (nSPS) is 20.9. The van der Waals surface area contributed by atoms with E-state index in [1.165, 1.54) is 37.5 Å². The number of rotatable bonds is 6. The molecule has 3 aliphatic rings. The summed E-state index contributed by atoms with van der Waals surface area (Å²) in [5.74, 6) is 1.98. The number of nitro groups is 1. The van der Waals surface area contributed by atoms with Gasteiger partial charge in [0.2, 0.25) is 12.8 Å². The van der Waals surface area contributed by atoms with Gasteiger partial charge in [0.15, 0.2) is 0 Å². The van der Waals surface area contributed by atoms with E-state index in [1.54, 1.807) is 16.7 Å². The van der Waals surface area contributed by atoms with Gasteiger partial charge < -0.3 is 14.5 Å². The van der Waals surface area contributed by atoms with Crippen molar-refractivity contribution in [2.45, 2.75) is 26.2 Å². The second-order valence-electron chi connectivity index (χ2n) is 7.94. The molecule has 2 bridgehead atoms. The third kappa shape index (κ3) is 5.43. The molecule has 2 fully saturated rings. The zero-order valence-corrected chi connectivity index (χ0v) is 18.1. The number of hydrogen-bond donors (Lipinski definition) is 0. The van der Waals surface area contributed by atoms with E-state index in [0.29, 0.717) is 31.9 Å². The van der Waals surface area contributed by atoms with Gasteiger partial charge in [-0.2, -0.15) is 0 Å². The second-order valence-corrected chi connectivity index (χ2v) is 7.94. The molecule has 0 N–H and O–H groups in total. The molecule has 10 heteroatoms. The van der Waals surface area contributed by atoms with E-state index >= 15 is 0 Å². The van der Waals surface area contributed by atoms with E-state index in [2.05, 4.69) is 12.2 Å². The van der Waals surface area contributed by atoms with Crippen LogP contribution in [-0.2, 0) is 14.3 Å². The molecule has 10 nitrogen and oxygen atoms in total. The number of ether oxygens (including phenoxy) is 1. The minimum absolute atomic E-state index is 0.116. The highest BCUT2D eigenvalue weighted by molar-refractivity contribution is 5.96. The van der Waals surface area contributed by atoms with Crippen LogP contribution in [0.4, 0.5) is 21.9 Å². The molecule has 0 spiro atoms. The number of nitrogens with zero attached hydrogens (tertiary/aromatic N) is 4. The molecular weight excluding hydrogens is 416 g/mol. The Balaban J connectivity index is 0.000000343. The Kier molecular flexibility index (Phi) is 7.80. The molecule has 1 saturated heterocycles. The van der Waals surface area contributed by atoms with Gasteiger partial charge in [0.05, 0.1) is 17.2 Å². The molecule has 2 atom stereocenters. The number of benzene rings is 1. The molecular formula is C22H28N4O6. The average Bonchev–Trinajstić information content (AvgIpc) is 3.47. The van der Waals surface area contributed by atoms with Crippen molar-refractivity contribution in [2.75, 3.05) is 42.6 Å². The van der Waals surface area contributed by atoms with Crippen LogP contribution in [0.3, 0.4) is 0 Å². The van der Waals surface area contributed by atoms with Gasteiger partial charge in [-0.1, -0.05) is 12.2 Å². The highest BCUT2D eigenvalue weighted by Gasteiger charge is 2.27. The van der Waals surface area contributed by atoms with Crippen LogP contribution in [0.5, 0.6) is 0 Å². The summed E-state index contributed by atoms with van der Waals surface area (Å²) in [6, 6.07) is 4.13. The summed E-state index contributed by atoms with van der Waals surface area (Å²) >= 11 is 0. The minimum Gasteiger partial charge on any atom is -0.450 e. The van der Waals surface area contributed by atoms with Crippen LogP contribution in [0, 0.1) is 22.0 Å². The van der Waals surface area contributed by atoms with Gasteiger partial charge in [-0.05, 0) is 50.2 Å². The maximum Gasteiger partial charge on any atom is 0.409 e. The van der Waals surface area contributed by atoms with Crippen LogP contribution in [0.1, 0.15) is 26.2 Å². The molecule has 1 aromatic carbocycles. The molecule has 0 radical (unpaired) electrons. The Labute approximate surface area is 186 Å². The number of amides is 3. The molecule has 172 valence electrons. The first-order valence-corrected chi connectivity index (χ1v) is 10.8. The van der Waals surface area contributed by atoms with Crippen LogP contribution < -0.4 is 9.80 Å². The van der Waals surface area contributed by atoms with Crippen molar-refractivity contribution in [3.8, 4) is 0 Å². The Bertz CT molecular complexity index is 861. The number of piperazine rings is 1. The smallest absolute Gasteiger partial charge is 0.409 e. The van der Waals surface area contributed by atoms with Gasteiger partial charge in [0.1, 0.15) is 5.69 Å². The molecule has 1 unspecified atom stereocenters. The number of carbonyl (C=O) groups excluding carboxylic acids is 3. The first-order chi connectivity index (χ1) is 15.5. The lowest BCUT2D eigenvalue weighted by molar-refractivity contribution is -0.384. The zero-order chi connectivity index (χ0) is 23.1. The Morgan fingerprint density at radius 1 is 1.16 bits per heavy atom. The van der Waals surface area contributed by atoms with Crippen LogP contribution in [0.25, 0.3) is 0 Å². The number of anilines is 2. The van der Waals surface area contributed by atoms with Gasteiger partial charge in [0.25, 0.3) is 5.69 Å². The van der Waals surface area contributed by atoms with Crippen molar-refractivity contribution in [3.63, 3.8) is 0 Å². The largest absolute Gasteiger partial charge is 0.450 e. The number of imide groups is 1. The van der Waals surface area contributed by atoms with Gasteiger partial charge in [0, 0.05) is 32.2 Å². The highest BCUT2D eigenvalue weighted by Crippen LogP contribution is 2.38. The molecule has 1 aromatic rings. The number of nitro benzene ring substituents is 1. The minimum atomic E-state index is -0.565. The fraction of sp³-hybridized carbons (Fsp3) is 0.500. The maximum atomic E-state index is 11.7. The fourth-order valence-electron chi connectivity index (χ4n) is 4.29. The van der Waals surface area contributed by atoms with Crippen molar-refractivity contribution in [1.82, 2.24) is 4.90 Å². The van der Waals surface area contributed by atoms with E-state index in [-0.39, 0.29) is 30.8 Å². The quantitative estimate of drug-likeness (QED) is 0.287. The number of hydrogen-bond acceptors (Lipinski definition) is 7. The summed E-state index contributed by atoms with van der Waals surface area (Å²) in [6.07, 6.45) is 9.35. The number of allylic oxidation sites excluding steroid dienone is 2. The SMILES string of the molecule is C1=C[C@@H]2CCC1C2.CCOC(=O)N1CCN(c2ccc(N(C=O)C=O)cc2[N+](=O)[O-])CC1. The summed E-state index contributed by atoms with van der Waals surface area (Å²) in [6.45, 7) is 3.59. The summed E-state index contributed by atoms with van der Waals surface area (Å²) in [7, 11) is 0. The van der Waals surface area contributed by atoms with E-state index in [0.717, 1.165) is 16.7 Å². The fourth-order valence-corrected chi connectivity index (χ4v) is 4.29. The summed E-state index contributed by atoms with van der Waals surface area (Å²) in [5, 5.41) is 11.4. The molecule has 32 heavy (non-hydrogen) atoms. The average molecular weight is 444 g/mol. The van der Waals surface area contributed by atoms with Crippen molar-refractivity contribution in [3.05, 3.63) is 40.5 Å². The van der Waals surface area contributed by atoms with Crippen molar-refractivity contribution in [1.29, 1.82) is 0 Å². The van der Waals surface area contributed by atoms with E-state index in [4.69, 9.17) is 4.74 Å². The first kappa shape index (κ1) is 23.2. The number of fused-ring (bicyclic) bond motifs is 2. The second kappa shape index (κ2) is 10.7. The van der Waals surface area contributed by atoms with Crippen LogP contribution >= 0.6 is 0 Å². The van der Waals surface area contributed by atoms with Gasteiger partial charge in [-0.25, -0.2) is 4.79 Å². The van der Waals surface area contributed by atoms with E-state index in [1.807, 2.05) is 0 Å². The lowest BCUT2D eigenvalue weighted by Crippen LogP contribution is -2.49. The predicted molar refractivity (Wildman–Crippen MR) is 118 cm³/mol. The van der Waals surface area contributed by atoms with Gasteiger partial charge in [-0.15, -0.1) is 0 Å². The van der Waals surface area contributed by atoms with Crippen molar-refractivity contribution in [2.24, 2.45) is 11.8 Å². The molecule has 0 aromatic heterocycles. The highest BCUT2D eigenvalue weighted by atomic mass is 16.6. The van der Waals surface area contributed by atoms with Crippen molar-refractivity contribution >= 4 is 36.0 Å². The number of carbonyl (C=O) groups is 3. The maximum absolute atomic E-state index is 11.7. The van der Waals surface area contributed by atoms with E-state index in [9.17, 15) is 24.5 Å². The Morgan fingerprint density at radius 2 is 1.78 bits per heavy atom. The van der Waals surface area contributed by atoms with E-state index < -0.39 is 11.0 Å². The van der Waals surface area contributed by atoms with Gasteiger partial charge >= 0.3 is 6.09 Å². The third-order valence-electron chi connectivity index (χ3n) is 6.00. The monoisotopic (exact) mass is 444 g/mol. The molecule has 1 saturated carbocycles. The standard InChI is InChI=1S/C15H18N4O6.C7H10/c1-2-25-15(22)17-7-5-16(6-8-17)13-4-3-12(18(10-20)11-21)9-14(13)19(23)24;1-2-7-4-3-6(1)5-7/h3-4,9-11H,2,5-8H2,1H3;1-2,6-7H,3-5H2/t;6-,7?/m.1/s1. The van der Waals surface area contributed by atoms with Gasteiger partial charge in [-0.3, -0.25) is 24.6 Å². The van der Waals surface area contributed by atoms with Crippen molar-refractivity contribution < 1.29 is 24.0 Å². The molecule has 3 amide bonds. The molecule has 1 aliphatic heterocycles. The first-order valence-electron chi connectivity index (χ1n) is 10.8. The topological polar surface area (TPSA) is 113 Å². The Hall–Kier alpha value is -3.43. The summed E-state index contributed by atoms with van der Waals surface area (Å²) in [4.78, 5) is 48.2. The zero-order valence-electron chi connectivity index (χ0n) is 18.1. The van der Waals surface area contributed by atoms with Crippen LogP contribution in [-0.4, -0.2) is 61.5 Å². The third-order valence-corrected chi connectivity index (χ3v) is 6.00. The summed E-state index contributed by atoms with van der Waals surface area (Å²) in [5.41, 5.74) is 0.274. The predicted octanol–water partition coefficient (Wildman–Crippen LogP) is 2.97. The Morgan fingerprint density at radius 3 is 2.22 bits per heavy atom. The molecule has 4 rings (SSSR count). The molecule has 1 heterocycles. The molecule has 2 aliphatic carbocycles. The van der Waals surface area contributed by atoms with Crippen LogP contribution in [0.2, 0.25) is 0 Å². The lowest BCUT2D eigenvalue weighted by Gasteiger charge is -2.35. The summed E-state index contributed by atoms with van der Waals surface area (Å²) < 4.78 is 4.94.